The summed E-state index contributed by atoms with van der Waals surface area (Å²) < 4.78 is 7.83. The Labute approximate surface area is 124 Å². The molecule has 3 rings (SSSR count). The molecule has 2 aromatic carbocycles. The molecule has 0 saturated carbocycles. The van der Waals surface area contributed by atoms with Gasteiger partial charge in [0.05, 0.1) is 18.2 Å². The molecule has 0 atom stereocenters. The zero-order valence-electron chi connectivity index (χ0n) is 12.3. The Morgan fingerprint density at radius 2 is 1.86 bits per heavy atom. The van der Waals surface area contributed by atoms with Crippen LogP contribution in [-0.4, -0.2) is 15.7 Å². The van der Waals surface area contributed by atoms with E-state index in [0.29, 0.717) is 12.5 Å². The molecule has 1 heterocycles. The molecule has 0 saturated heterocycles. The summed E-state index contributed by atoms with van der Waals surface area (Å²) in [7, 11) is 0. The minimum Gasteiger partial charge on any atom is -0.489 e. The molecule has 1 aromatic heterocycles. The van der Waals surface area contributed by atoms with E-state index in [0.717, 1.165) is 16.8 Å². The highest BCUT2D eigenvalue weighted by molar-refractivity contribution is 5.84. The number of hydrogen-bond donors (Lipinski definition) is 1. The first-order chi connectivity index (χ1) is 10.1. The third-order valence-electron chi connectivity index (χ3n) is 3.32. The number of ether oxygens (including phenoxy) is 1. The first-order valence-corrected chi connectivity index (χ1v) is 7.10. The summed E-state index contributed by atoms with van der Waals surface area (Å²) in [6.45, 7) is 4.71. The number of nitrogens with zero attached hydrogens (tertiary/aromatic N) is 2. The summed E-state index contributed by atoms with van der Waals surface area (Å²) in [5.74, 6) is 1.29. The molecule has 0 aliphatic rings. The van der Waals surface area contributed by atoms with E-state index >= 15 is 0 Å². The fourth-order valence-electron chi connectivity index (χ4n) is 2.42. The summed E-state index contributed by atoms with van der Waals surface area (Å²) in [5.41, 5.74) is 9.10. The molecule has 0 aliphatic carbocycles. The zero-order valence-corrected chi connectivity index (χ0v) is 12.3. The van der Waals surface area contributed by atoms with Crippen LogP contribution in [0.5, 0.6) is 5.75 Å². The minimum absolute atomic E-state index is 0.107. The number of rotatable bonds is 4. The third-order valence-corrected chi connectivity index (χ3v) is 3.32. The zero-order chi connectivity index (χ0) is 14.8. The number of benzene rings is 2. The van der Waals surface area contributed by atoms with Crippen LogP contribution in [0.15, 0.2) is 48.5 Å². The Balaban J connectivity index is 2.05. The van der Waals surface area contributed by atoms with Gasteiger partial charge in [-0.25, -0.2) is 4.98 Å². The van der Waals surface area contributed by atoms with Crippen molar-refractivity contribution < 1.29 is 4.74 Å². The van der Waals surface area contributed by atoms with Crippen molar-refractivity contribution in [2.75, 3.05) is 5.73 Å². The molecule has 0 unspecified atom stereocenters. The lowest BCUT2D eigenvalue weighted by molar-refractivity contribution is 0.245. The van der Waals surface area contributed by atoms with Crippen molar-refractivity contribution in [3.05, 3.63) is 54.1 Å². The maximum atomic E-state index is 6.10. The highest BCUT2D eigenvalue weighted by Gasteiger charge is 2.13. The third kappa shape index (κ3) is 2.70. The number of nitrogens with two attached hydrogens (primary N) is 1. The molecule has 4 heteroatoms. The van der Waals surface area contributed by atoms with Gasteiger partial charge in [-0.1, -0.05) is 36.4 Å². The maximum Gasteiger partial charge on any atom is 0.201 e. The van der Waals surface area contributed by atoms with Crippen LogP contribution in [-0.2, 0) is 6.54 Å². The first kappa shape index (κ1) is 13.5. The van der Waals surface area contributed by atoms with Crippen LogP contribution in [0, 0.1) is 0 Å². The number of anilines is 1. The largest absolute Gasteiger partial charge is 0.489 e. The Hall–Kier alpha value is -2.49. The fourth-order valence-corrected chi connectivity index (χ4v) is 2.42. The van der Waals surface area contributed by atoms with Gasteiger partial charge in [-0.2, -0.15) is 0 Å². The Morgan fingerprint density at radius 1 is 1.10 bits per heavy atom. The van der Waals surface area contributed by atoms with Crippen molar-refractivity contribution in [2.45, 2.75) is 26.5 Å². The molecule has 0 spiro atoms. The highest BCUT2D eigenvalue weighted by atomic mass is 16.5. The van der Waals surface area contributed by atoms with Crippen LogP contribution in [0.3, 0.4) is 0 Å². The molecule has 0 amide bonds. The quantitative estimate of drug-likeness (QED) is 0.797. The lowest BCUT2D eigenvalue weighted by Gasteiger charge is -2.10. The van der Waals surface area contributed by atoms with Gasteiger partial charge in [0.1, 0.15) is 11.3 Å². The van der Waals surface area contributed by atoms with Gasteiger partial charge >= 0.3 is 0 Å². The summed E-state index contributed by atoms with van der Waals surface area (Å²) in [6.07, 6.45) is 0.107. The number of aromatic nitrogens is 2. The minimum atomic E-state index is 0.107. The summed E-state index contributed by atoms with van der Waals surface area (Å²) >= 11 is 0. The van der Waals surface area contributed by atoms with Crippen LogP contribution < -0.4 is 10.5 Å². The molecule has 3 aromatic rings. The van der Waals surface area contributed by atoms with Crippen LogP contribution in [0.2, 0.25) is 0 Å². The van der Waals surface area contributed by atoms with Crippen molar-refractivity contribution in [1.82, 2.24) is 9.55 Å². The van der Waals surface area contributed by atoms with E-state index in [4.69, 9.17) is 10.5 Å². The molecule has 0 fully saturated rings. The molecule has 0 radical (unpaired) electrons. The van der Waals surface area contributed by atoms with Crippen molar-refractivity contribution in [3.63, 3.8) is 0 Å². The van der Waals surface area contributed by atoms with E-state index in [9.17, 15) is 0 Å². The lowest BCUT2D eigenvalue weighted by Crippen LogP contribution is -2.06. The predicted molar refractivity (Wildman–Crippen MR) is 85.5 cm³/mol. The average Bonchev–Trinajstić information content (AvgIpc) is 2.77. The Bertz CT molecular complexity index is 747. The predicted octanol–water partition coefficient (Wildman–Crippen LogP) is 3.45. The second kappa shape index (κ2) is 5.48. The standard InChI is InChI=1S/C17H19N3O/c1-12(2)21-15-10-6-9-14-16(15)19-17(18)20(14)11-13-7-4-3-5-8-13/h3-10,12H,11H2,1-2H3,(H2,18,19). The van der Waals surface area contributed by atoms with Crippen molar-refractivity contribution in [2.24, 2.45) is 0 Å². The summed E-state index contributed by atoms with van der Waals surface area (Å²) in [4.78, 5) is 4.48. The van der Waals surface area contributed by atoms with Gasteiger partial charge in [0.25, 0.3) is 0 Å². The normalized spacial score (nSPS) is 11.2. The molecule has 4 nitrogen and oxygen atoms in total. The van der Waals surface area contributed by atoms with Gasteiger partial charge in [0, 0.05) is 0 Å². The first-order valence-electron chi connectivity index (χ1n) is 7.10. The van der Waals surface area contributed by atoms with Crippen molar-refractivity contribution >= 4 is 17.0 Å². The number of nitrogen functional groups attached to an aromatic ring is 1. The molecule has 108 valence electrons. The van der Waals surface area contributed by atoms with Gasteiger partial charge in [-0.05, 0) is 31.5 Å². The van der Waals surface area contributed by atoms with Crippen molar-refractivity contribution in [1.29, 1.82) is 0 Å². The van der Waals surface area contributed by atoms with E-state index in [1.54, 1.807) is 0 Å². The summed E-state index contributed by atoms with van der Waals surface area (Å²) in [6, 6.07) is 16.2. The molecule has 0 aliphatic heterocycles. The fraction of sp³-hybridized carbons (Fsp3) is 0.235. The molecule has 0 bridgehead atoms. The topological polar surface area (TPSA) is 53.1 Å². The van der Waals surface area contributed by atoms with E-state index in [-0.39, 0.29) is 6.10 Å². The molecule has 21 heavy (non-hydrogen) atoms. The maximum absolute atomic E-state index is 6.10. The Morgan fingerprint density at radius 3 is 2.57 bits per heavy atom. The van der Waals surface area contributed by atoms with Crippen LogP contribution in [0.1, 0.15) is 19.4 Å². The van der Waals surface area contributed by atoms with E-state index in [1.807, 2.05) is 54.8 Å². The molecular weight excluding hydrogens is 262 g/mol. The number of imidazole rings is 1. The smallest absolute Gasteiger partial charge is 0.201 e. The summed E-state index contributed by atoms with van der Waals surface area (Å²) in [5, 5.41) is 0. The second-order valence-electron chi connectivity index (χ2n) is 5.33. The highest BCUT2D eigenvalue weighted by Crippen LogP contribution is 2.28. The molecular formula is C17H19N3O. The van der Waals surface area contributed by atoms with Crippen LogP contribution in [0.25, 0.3) is 11.0 Å². The van der Waals surface area contributed by atoms with E-state index in [2.05, 4.69) is 17.1 Å². The van der Waals surface area contributed by atoms with Gasteiger partial charge in [-0.3, -0.25) is 0 Å². The van der Waals surface area contributed by atoms with Crippen LogP contribution in [0.4, 0.5) is 5.95 Å². The van der Waals surface area contributed by atoms with Gasteiger partial charge < -0.3 is 15.0 Å². The van der Waals surface area contributed by atoms with Crippen LogP contribution >= 0.6 is 0 Å². The van der Waals surface area contributed by atoms with Crippen molar-refractivity contribution in [3.8, 4) is 5.75 Å². The lowest BCUT2D eigenvalue weighted by atomic mass is 10.2. The van der Waals surface area contributed by atoms with E-state index < -0.39 is 0 Å². The van der Waals surface area contributed by atoms with Gasteiger partial charge in [0.15, 0.2) is 0 Å². The van der Waals surface area contributed by atoms with Gasteiger partial charge in [0.2, 0.25) is 5.95 Å². The Kier molecular flexibility index (Phi) is 3.52. The number of para-hydroxylation sites is 1. The number of hydrogen-bond acceptors (Lipinski definition) is 3. The monoisotopic (exact) mass is 281 g/mol. The average molecular weight is 281 g/mol. The number of fused-ring (bicyclic) bond motifs is 1. The SMILES string of the molecule is CC(C)Oc1cccc2c1nc(N)n2Cc1ccccc1. The van der Waals surface area contributed by atoms with E-state index in [1.165, 1.54) is 5.56 Å². The molecule has 2 N–H and O–H groups in total. The van der Waals surface area contributed by atoms with Gasteiger partial charge in [-0.15, -0.1) is 0 Å². The second-order valence-corrected chi connectivity index (χ2v) is 5.33.